The summed E-state index contributed by atoms with van der Waals surface area (Å²) >= 11 is 0. The first-order valence-electron chi connectivity index (χ1n) is 10.9. The quantitative estimate of drug-likeness (QED) is 0.619. The van der Waals surface area contributed by atoms with Gasteiger partial charge in [-0.1, -0.05) is 30.3 Å². The molecule has 0 saturated carbocycles. The molecule has 5 nitrogen and oxygen atoms in total. The minimum atomic E-state index is 0.212. The van der Waals surface area contributed by atoms with E-state index in [-0.39, 0.29) is 6.61 Å². The maximum absolute atomic E-state index is 9.66. The van der Waals surface area contributed by atoms with E-state index in [1.807, 2.05) is 31.3 Å². The van der Waals surface area contributed by atoms with Gasteiger partial charge >= 0.3 is 0 Å². The van der Waals surface area contributed by atoms with E-state index in [4.69, 9.17) is 4.74 Å². The van der Waals surface area contributed by atoms with Gasteiger partial charge in [0.2, 0.25) is 0 Å². The standard InChI is InChI=1S/C25H31N3O2/c1-2-30-25-8-4-3-6-22(25)18-28-14-13-27(19-23(28)11-15-29)17-20-9-10-24-21(16-20)7-5-12-26-24/h3-10,12,16,23,29H,2,11,13-15,17-19H2,1H3. The number of aromatic nitrogens is 1. The van der Waals surface area contributed by atoms with Crippen LogP contribution < -0.4 is 4.74 Å². The van der Waals surface area contributed by atoms with Gasteiger partial charge in [-0.3, -0.25) is 14.8 Å². The number of hydrogen-bond donors (Lipinski definition) is 1. The molecule has 0 radical (unpaired) electrons. The van der Waals surface area contributed by atoms with Crippen molar-refractivity contribution in [1.82, 2.24) is 14.8 Å². The second-order valence-electron chi connectivity index (χ2n) is 7.94. The summed E-state index contributed by atoms with van der Waals surface area (Å²) < 4.78 is 5.82. The van der Waals surface area contributed by atoms with Crippen LogP contribution in [0.5, 0.6) is 5.75 Å². The van der Waals surface area contributed by atoms with Crippen LogP contribution in [0.3, 0.4) is 0 Å². The molecule has 1 atom stereocenters. The summed E-state index contributed by atoms with van der Waals surface area (Å²) in [5.41, 5.74) is 3.57. The summed E-state index contributed by atoms with van der Waals surface area (Å²) in [6.07, 6.45) is 2.62. The first-order valence-corrected chi connectivity index (χ1v) is 10.9. The van der Waals surface area contributed by atoms with E-state index in [1.54, 1.807) is 0 Å². The van der Waals surface area contributed by atoms with E-state index in [2.05, 4.69) is 51.2 Å². The lowest BCUT2D eigenvalue weighted by Gasteiger charge is -2.41. The van der Waals surface area contributed by atoms with Gasteiger partial charge in [0.15, 0.2) is 0 Å². The van der Waals surface area contributed by atoms with Gasteiger partial charge in [-0.15, -0.1) is 0 Å². The Morgan fingerprint density at radius 2 is 1.97 bits per heavy atom. The number of para-hydroxylation sites is 1. The number of benzene rings is 2. The van der Waals surface area contributed by atoms with E-state index in [9.17, 15) is 5.11 Å². The average Bonchev–Trinajstić information content (AvgIpc) is 2.77. The molecule has 3 aromatic rings. The van der Waals surface area contributed by atoms with Crippen LogP contribution in [0.4, 0.5) is 0 Å². The predicted molar refractivity (Wildman–Crippen MR) is 121 cm³/mol. The van der Waals surface area contributed by atoms with Gasteiger partial charge in [0.1, 0.15) is 5.75 Å². The molecule has 4 rings (SSSR count). The highest BCUT2D eigenvalue weighted by molar-refractivity contribution is 5.78. The molecule has 5 heteroatoms. The van der Waals surface area contributed by atoms with E-state index in [1.165, 1.54) is 16.5 Å². The van der Waals surface area contributed by atoms with Crippen LogP contribution in [-0.2, 0) is 13.1 Å². The molecule has 1 saturated heterocycles. The van der Waals surface area contributed by atoms with Gasteiger partial charge in [0, 0.05) is 62.5 Å². The Hall–Kier alpha value is -2.47. The molecule has 1 unspecified atom stereocenters. The lowest BCUT2D eigenvalue weighted by Crippen LogP contribution is -2.52. The van der Waals surface area contributed by atoms with Crippen molar-refractivity contribution in [3.05, 3.63) is 71.9 Å². The molecule has 1 aromatic heterocycles. The molecular weight excluding hydrogens is 374 g/mol. The van der Waals surface area contributed by atoms with E-state index >= 15 is 0 Å². The fraction of sp³-hybridized carbons (Fsp3) is 0.400. The number of pyridine rings is 1. The molecule has 1 N–H and O–H groups in total. The molecule has 158 valence electrons. The number of aliphatic hydroxyl groups is 1. The molecule has 1 aliphatic heterocycles. The van der Waals surface area contributed by atoms with Crippen molar-refractivity contribution in [2.75, 3.05) is 32.8 Å². The molecule has 2 heterocycles. The van der Waals surface area contributed by atoms with Crippen LogP contribution in [-0.4, -0.2) is 58.8 Å². The van der Waals surface area contributed by atoms with E-state index < -0.39 is 0 Å². The van der Waals surface area contributed by atoms with Gasteiger partial charge in [-0.05, 0) is 43.2 Å². The number of nitrogens with zero attached hydrogens (tertiary/aromatic N) is 3. The molecule has 30 heavy (non-hydrogen) atoms. The largest absolute Gasteiger partial charge is 0.494 e. The lowest BCUT2D eigenvalue weighted by atomic mass is 10.0. The van der Waals surface area contributed by atoms with Crippen molar-refractivity contribution in [2.24, 2.45) is 0 Å². The Labute approximate surface area is 178 Å². The van der Waals surface area contributed by atoms with Crippen LogP contribution in [0.25, 0.3) is 10.9 Å². The second-order valence-corrected chi connectivity index (χ2v) is 7.94. The Bertz CT molecular complexity index is 962. The molecular formula is C25H31N3O2. The van der Waals surface area contributed by atoms with E-state index in [0.717, 1.165) is 50.4 Å². The maximum Gasteiger partial charge on any atom is 0.123 e. The summed E-state index contributed by atoms with van der Waals surface area (Å²) in [6.45, 7) is 7.65. The van der Waals surface area contributed by atoms with Gasteiger partial charge in [-0.2, -0.15) is 0 Å². The molecule has 0 spiro atoms. The second kappa shape index (κ2) is 10.0. The third kappa shape index (κ3) is 4.98. The monoisotopic (exact) mass is 405 g/mol. The smallest absolute Gasteiger partial charge is 0.123 e. The SMILES string of the molecule is CCOc1ccccc1CN1CCN(Cc2ccc3ncccc3c2)CC1CCO. The van der Waals surface area contributed by atoms with Crippen molar-refractivity contribution < 1.29 is 9.84 Å². The fourth-order valence-electron chi connectivity index (χ4n) is 4.36. The van der Waals surface area contributed by atoms with E-state index in [0.29, 0.717) is 12.6 Å². The number of piperazine rings is 1. The topological polar surface area (TPSA) is 48.8 Å². The average molecular weight is 406 g/mol. The minimum Gasteiger partial charge on any atom is -0.494 e. The molecule has 0 amide bonds. The maximum atomic E-state index is 9.66. The zero-order chi connectivity index (χ0) is 20.8. The van der Waals surface area contributed by atoms with Gasteiger partial charge in [-0.25, -0.2) is 0 Å². The normalized spacial score (nSPS) is 18.0. The zero-order valence-electron chi connectivity index (χ0n) is 17.7. The van der Waals surface area contributed by atoms with Crippen molar-refractivity contribution in [3.8, 4) is 5.75 Å². The Morgan fingerprint density at radius 1 is 1.07 bits per heavy atom. The summed E-state index contributed by atoms with van der Waals surface area (Å²) in [5, 5.41) is 10.8. The number of ether oxygens (including phenoxy) is 1. The Morgan fingerprint density at radius 3 is 2.83 bits per heavy atom. The van der Waals surface area contributed by atoms with Crippen molar-refractivity contribution in [2.45, 2.75) is 32.5 Å². The molecule has 2 aromatic carbocycles. The summed E-state index contributed by atoms with van der Waals surface area (Å²) in [5.74, 6) is 0.968. The highest BCUT2D eigenvalue weighted by atomic mass is 16.5. The van der Waals surface area contributed by atoms with Crippen LogP contribution in [0, 0.1) is 0 Å². The third-order valence-corrected chi connectivity index (χ3v) is 5.87. The summed E-state index contributed by atoms with van der Waals surface area (Å²) in [4.78, 5) is 9.41. The highest BCUT2D eigenvalue weighted by Crippen LogP contribution is 2.24. The first-order chi connectivity index (χ1) is 14.8. The number of rotatable bonds is 8. The predicted octanol–water partition coefficient (Wildman–Crippen LogP) is 3.70. The number of fused-ring (bicyclic) bond motifs is 1. The highest BCUT2D eigenvalue weighted by Gasteiger charge is 2.27. The fourth-order valence-corrected chi connectivity index (χ4v) is 4.36. The van der Waals surface area contributed by atoms with Crippen molar-refractivity contribution in [1.29, 1.82) is 0 Å². The van der Waals surface area contributed by atoms with Crippen molar-refractivity contribution >= 4 is 10.9 Å². The molecule has 1 fully saturated rings. The Kier molecular flexibility index (Phi) is 6.95. The summed E-state index contributed by atoms with van der Waals surface area (Å²) in [7, 11) is 0. The van der Waals surface area contributed by atoms with Gasteiger partial charge in [0.25, 0.3) is 0 Å². The van der Waals surface area contributed by atoms with Crippen LogP contribution in [0.1, 0.15) is 24.5 Å². The van der Waals surface area contributed by atoms with Crippen molar-refractivity contribution in [3.63, 3.8) is 0 Å². The van der Waals surface area contributed by atoms with Crippen LogP contribution >= 0.6 is 0 Å². The molecule has 0 bridgehead atoms. The Balaban J connectivity index is 1.43. The minimum absolute atomic E-state index is 0.212. The zero-order valence-corrected chi connectivity index (χ0v) is 17.7. The number of hydrogen-bond acceptors (Lipinski definition) is 5. The van der Waals surface area contributed by atoms with Crippen LogP contribution in [0.2, 0.25) is 0 Å². The van der Waals surface area contributed by atoms with Gasteiger partial charge < -0.3 is 9.84 Å². The summed E-state index contributed by atoms with van der Waals surface area (Å²) in [6, 6.07) is 19.3. The molecule has 0 aliphatic carbocycles. The lowest BCUT2D eigenvalue weighted by molar-refractivity contribution is 0.0494. The third-order valence-electron chi connectivity index (χ3n) is 5.87. The first kappa shape index (κ1) is 20.8. The molecule has 1 aliphatic rings. The van der Waals surface area contributed by atoms with Gasteiger partial charge in [0.05, 0.1) is 12.1 Å². The number of aliphatic hydroxyl groups excluding tert-OH is 1. The van der Waals surface area contributed by atoms with Crippen LogP contribution in [0.15, 0.2) is 60.8 Å².